The number of benzene rings is 3. The Hall–Kier alpha value is -3.09. The van der Waals surface area contributed by atoms with Crippen LogP contribution >= 0.6 is 11.6 Å². The van der Waals surface area contributed by atoms with Crippen LogP contribution < -0.4 is 11.4 Å². The predicted molar refractivity (Wildman–Crippen MR) is 135 cm³/mol. The molecule has 2 heterocycles. The zero-order valence-electron chi connectivity index (χ0n) is 19.1. The molecule has 174 valence electrons. The van der Waals surface area contributed by atoms with Gasteiger partial charge >= 0.3 is 5.69 Å². The van der Waals surface area contributed by atoms with Gasteiger partial charge in [-0.3, -0.25) is 18.8 Å². The SMILES string of the molecule is CC(C(N)=O)n1c(=O)n(C2CCN(C3Cc4cccc5ccc(Cl)c3c45)CC2)c2ccccc21. The fourth-order valence-electron chi connectivity index (χ4n) is 6.08. The molecule has 1 aliphatic carbocycles. The topological polar surface area (TPSA) is 73.3 Å². The van der Waals surface area contributed by atoms with Gasteiger partial charge in [-0.2, -0.15) is 0 Å². The zero-order chi connectivity index (χ0) is 23.6. The molecule has 7 heteroatoms. The number of primary amides is 1. The third-order valence-electron chi connectivity index (χ3n) is 7.78. The molecule has 2 atom stereocenters. The summed E-state index contributed by atoms with van der Waals surface area (Å²) in [5.41, 5.74) is 9.63. The maximum absolute atomic E-state index is 13.5. The van der Waals surface area contributed by atoms with E-state index in [-0.39, 0.29) is 17.8 Å². The van der Waals surface area contributed by atoms with Gasteiger partial charge in [0.05, 0.1) is 11.0 Å². The first kappa shape index (κ1) is 21.4. The molecule has 34 heavy (non-hydrogen) atoms. The first-order valence-electron chi connectivity index (χ1n) is 11.9. The summed E-state index contributed by atoms with van der Waals surface area (Å²) in [5, 5.41) is 3.39. The number of nitrogens with two attached hydrogens (primary N) is 1. The summed E-state index contributed by atoms with van der Waals surface area (Å²) in [4.78, 5) is 27.9. The number of carbonyl (C=O) groups is 1. The third-order valence-corrected chi connectivity index (χ3v) is 8.11. The molecule has 3 aromatic carbocycles. The monoisotopic (exact) mass is 474 g/mol. The zero-order valence-corrected chi connectivity index (χ0v) is 19.8. The number of imidazole rings is 1. The van der Waals surface area contributed by atoms with Crippen LogP contribution in [0.1, 0.15) is 49.0 Å². The minimum atomic E-state index is -0.696. The van der Waals surface area contributed by atoms with E-state index in [1.165, 1.54) is 26.5 Å². The molecule has 6 nitrogen and oxygen atoms in total. The summed E-state index contributed by atoms with van der Waals surface area (Å²) >= 11 is 6.71. The number of hydrogen-bond acceptors (Lipinski definition) is 3. The highest BCUT2D eigenvalue weighted by atomic mass is 35.5. The van der Waals surface area contributed by atoms with Crippen molar-refractivity contribution in [3.8, 4) is 0 Å². The number of piperidine rings is 1. The standard InChI is InChI=1S/C27H27ClN4O2/c1-16(26(29)33)31-21-7-2-3-8-22(21)32(27(31)34)19-11-13-30(14-12-19)23-15-18-6-4-5-17-9-10-20(28)25(23)24(17)18/h2-10,16,19,23H,11-15H2,1H3,(H2,29,33). The number of likely N-dealkylation sites (tertiary alicyclic amines) is 1. The Kier molecular flexibility index (Phi) is 5.04. The van der Waals surface area contributed by atoms with E-state index in [1.54, 1.807) is 6.92 Å². The number of nitrogens with zero attached hydrogens (tertiary/aromatic N) is 3. The minimum Gasteiger partial charge on any atom is -0.368 e. The Balaban J connectivity index is 1.31. The quantitative estimate of drug-likeness (QED) is 0.470. The fourth-order valence-corrected chi connectivity index (χ4v) is 6.36. The average molecular weight is 475 g/mol. The Morgan fingerprint density at radius 1 is 1.03 bits per heavy atom. The van der Waals surface area contributed by atoms with E-state index in [0.717, 1.165) is 48.4 Å². The lowest BCUT2D eigenvalue weighted by atomic mass is 9.99. The molecular weight excluding hydrogens is 448 g/mol. The first-order valence-corrected chi connectivity index (χ1v) is 12.3. The lowest BCUT2D eigenvalue weighted by Crippen LogP contribution is -2.40. The van der Waals surface area contributed by atoms with E-state index in [0.29, 0.717) is 0 Å². The fraction of sp³-hybridized carbons (Fsp3) is 0.333. The molecule has 1 saturated heterocycles. The van der Waals surface area contributed by atoms with Crippen molar-refractivity contribution in [1.29, 1.82) is 0 Å². The summed E-state index contributed by atoms with van der Waals surface area (Å²) < 4.78 is 3.42. The number of para-hydroxylation sites is 2. The summed E-state index contributed by atoms with van der Waals surface area (Å²) in [7, 11) is 0. The molecule has 0 bridgehead atoms. The molecule has 1 fully saturated rings. The van der Waals surface area contributed by atoms with Crippen LogP contribution in [-0.2, 0) is 11.2 Å². The second-order valence-corrected chi connectivity index (χ2v) is 9.96. The molecule has 1 aliphatic heterocycles. The molecular formula is C27H27ClN4O2. The van der Waals surface area contributed by atoms with E-state index in [2.05, 4.69) is 29.2 Å². The molecule has 1 amide bonds. The lowest BCUT2D eigenvalue weighted by molar-refractivity contribution is -0.120. The van der Waals surface area contributed by atoms with Gasteiger partial charge in [-0.15, -0.1) is 0 Å². The third kappa shape index (κ3) is 3.12. The summed E-state index contributed by atoms with van der Waals surface area (Å²) in [6.07, 6.45) is 2.69. The molecule has 2 aliphatic rings. The van der Waals surface area contributed by atoms with Crippen molar-refractivity contribution in [3.05, 3.63) is 81.2 Å². The first-order chi connectivity index (χ1) is 16.5. The van der Waals surface area contributed by atoms with Gasteiger partial charge in [0.25, 0.3) is 0 Å². The second-order valence-electron chi connectivity index (χ2n) is 9.55. The number of fused-ring (bicyclic) bond motifs is 1. The molecule has 0 saturated carbocycles. The molecule has 0 spiro atoms. The van der Waals surface area contributed by atoms with Crippen molar-refractivity contribution >= 4 is 39.3 Å². The van der Waals surface area contributed by atoms with E-state index in [9.17, 15) is 9.59 Å². The van der Waals surface area contributed by atoms with Crippen LogP contribution in [-0.4, -0.2) is 33.0 Å². The number of aromatic nitrogens is 2. The maximum Gasteiger partial charge on any atom is 0.330 e. The molecule has 1 aromatic heterocycles. The number of halogens is 1. The Labute approximate surface area is 202 Å². The van der Waals surface area contributed by atoms with Crippen molar-refractivity contribution in [2.45, 2.75) is 44.3 Å². The van der Waals surface area contributed by atoms with Crippen LogP contribution in [0.4, 0.5) is 0 Å². The van der Waals surface area contributed by atoms with Crippen molar-refractivity contribution in [2.75, 3.05) is 13.1 Å². The normalized spacial score (nSPS) is 19.8. The number of rotatable bonds is 4. The van der Waals surface area contributed by atoms with Gasteiger partial charge in [-0.25, -0.2) is 4.79 Å². The van der Waals surface area contributed by atoms with Gasteiger partial charge in [0, 0.05) is 30.2 Å². The van der Waals surface area contributed by atoms with Gasteiger partial charge in [0.1, 0.15) is 6.04 Å². The van der Waals surface area contributed by atoms with Crippen molar-refractivity contribution in [2.24, 2.45) is 5.73 Å². The minimum absolute atomic E-state index is 0.0741. The highest BCUT2D eigenvalue weighted by Crippen LogP contribution is 2.45. The average Bonchev–Trinajstić information content (AvgIpc) is 3.37. The number of hydrogen-bond donors (Lipinski definition) is 1. The summed E-state index contributed by atoms with van der Waals surface area (Å²) in [5.74, 6) is -0.508. The Morgan fingerprint density at radius 2 is 1.76 bits per heavy atom. The smallest absolute Gasteiger partial charge is 0.330 e. The van der Waals surface area contributed by atoms with Crippen LogP contribution in [0.15, 0.2) is 59.4 Å². The Bertz CT molecular complexity index is 1500. The van der Waals surface area contributed by atoms with Gasteiger partial charge in [-0.1, -0.05) is 48.0 Å². The van der Waals surface area contributed by atoms with Gasteiger partial charge < -0.3 is 5.73 Å². The highest BCUT2D eigenvalue weighted by molar-refractivity contribution is 6.32. The van der Waals surface area contributed by atoms with Gasteiger partial charge in [0.15, 0.2) is 0 Å². The summed E-state index contributed by atoms with van der Waals surface area (Å²) in [6, 6.07) is 17.9. The molecule has 0 radical (unpaired) electrons. The van der Waals surface area contributed by atoms with Gasteiger partial charge in [-0.05, 0) is 66.3 Å². The molecule has 4 aromatic rings. The predicted octanol–water partition coefficient (Wildman–Crippen LogP) is 4.59. The van der Waals surface area contributed by atoms with E-state index >= 15 is 0 Å². The van der Waals surface area contributed by atoms with Crippen molar-refractivity contribution in [1.82, 2.24) is 14.0 Å². The largest absolute Gasteiger partial charge is 0.368 e. The van der Waals surface area contributed by atoms with Gasteiger partial charge in [0.2, 0.25) is 5.91 Å². The maximum atomic E-state index is 13.5. The second kappa shape index (κ2) is 8.00. The summed E-state index contributed by atoms with van der Waals surface area (Å²) in [6.45, 7) is 3.45. The van der Waals surface area contributed by atoms with E-state index < -0.39 is 11.9 Å². The number of amides is 1. The van der Waals surface area contributed by atoms with Crippen LogP contribution in [0.25, 0.3) is 21.8 Å². The van der Waals surface area contributed by atoms with Crippen molar-refractivity contribution < 1.29 is 4.79 Å². The van der Waals surface area contributed by atoms with Crippen LogP contribution in [0.3, 0.4) is 0 Å². The van der Waals surface area contributed by atoms with Crippen LogP contribution in [0.2, 0.25) is 5.02 Å². The van der Waals surface area contributed by atoms with E-state index in [4.69, 9.17) is 17.3 Å². The van der Waals surface area contributed by atoms with Crippen LogP contribution in [0.5, 0.6) is 0 Å². The van der Waals surface area contributed by atoms with E-state index in [1.807, 2.05) is 34.9 Å². The Morgan fingerprint density at radius 3 is 2.50 bits per heavy atom. The van der Waals surface area contributed by atoms with Crippen molar-refractivity contribution in [3.63, 3.8) is 0 Å². The van der Waals surface area contributed by atoms with Crippen LogP contribution in [0, 0.1) is 0 Å². The highest BCUT2D eigenvalue weighted by Gasteiger charge is 2.35. The number of carbonyl (C=O) groups excluding carboxylic acids is 1. The lowest BCUT2D eigenvalue weighted by Gasteiger charge is -2.37. The molecule has 2 N–H and O–H groups in total. The molecule has 2 unspecified atom stereocenters. The molecule has 6 rings (SSSR count).